The van der Waals surface area contributed by atoms with Crippen LogP contribution in [0, 0.1) is 0 Å². The van der Waals surface area contributed by atoms with Crippen molar-refractivity contribution < 1.29 is 19.1 Å². The molecule has 2 N–H and O–H groups in total. The third-order valence-electron chi connectivity index (χ3n) is 3.65. The van der Waals surface area contributed by atoms with E-state index in [0.717, 1.165) is 6.42 Å². The highest BCUT2D eigenvalue weighted by Crippen LogP contribution is 2.14. The van der Waals surface area contributed by atoms with Crippen molar-refractivity contribution in [3.63, 3.8) is 0 Å². The van der Waals surface area contributed by atoms with Gasteiger partial charge in [0.2, 0.25) is 11.8 Å². The van der Waals surface area contributed by atoms with Gasteiger partial charge in [-0.3, -0.25) is 14.4 Å². The summed E-state index contributed by atoms with van der Waals surface area (Å²) in [5.74, 6) is -0.910. The number of nitrogens with one attached hydrogen (secondary N) is 2. The van der Waals surface area contributed by atoms with Gasteiger partial charge in [-0.05, 0) is 12.0 Å². The zero-order chi connectivity index (χ0) is 17.9. The molecular formula is C18H26N2O4. The number of carbonyl (C=O) groups is 3. The third-order valence-corrected chi connectivity index (χ3v) is 3.65. The van der Waals surface area contributed by atoms with Gasteiger partial charge in [0.25, 0.3) is 0 Å². The van der Waals surface area contributed by atoms with Gasteiger partial charge in [-0.15, -0.1) is 0 Å². The van der Waals surface area contributed by atoms with Gasteiger partial charge in [0.15, 0.2) is 0 Å². The summed E-state index contributed by atoms with van der Waals surface area (Å²) >= 11 is 0. The zero-order valence-electron chi connectivity index (χ0n) is 14.5. The summed E-state index contributed by atoms with van der Waals surface area (Å²) in [6, 6.07) is 7.94. The Morgan fingerprint density at radius 1 is 1.08 bits per heavy atom. The SMILES string of the molecule is CCC[C@@H](CC(=O)OC)NC(=O)[C@H](NC(=O)CC)c1ccccc1. The molecule has 6 nitrogen and oxygen atoms in total. The summed E-state index contributed by atoms with van der Waals surface area (Å²) in [6.45, 7) is 3.70. The summed E-state index contributed by atoms with van der Waals surface area (Å²) in [6.07, 6.45) is 1.87. The Labute approximate surface area is 143 Å². The van der Waals surface area contributed by atoms with Gasteiger partial charge in [-0.25, -0.2) is 0 Å². The number of hydrogen-bond acceptors (Lipinski definition) is 4. The molecule has 2 amide bonds. The first-order chi connectivity index (χ1) is 11.5. The molecule has 1 rings (SSSR count). The number of esters is 1. The first-order valence-electron chi connectivity index (χ1n) is 8.23. The fourth-order valence-corrected chi connectivity index (χ4v) is 2.35. The van der Waals surface area contributed by atoms with Crippen molar-refractivity contribution in [1.29, 1.82) is 0 Å². The quantitative estimate of drug-likeness (QED) is 0.677. The average molecular weight is 334 g/mol. The van der Waals surface area contributed by atoms with E-state index in [0.29, 0.717) is 12.0 Å². The Kier molecular flexibility index (Phi) is 8.54. The van der Waals surface area contributed by atoms with Crippen molar-refractivity contribution in [3.05, 3.63) is 35.9 Å². The van der Waals surface area contributed by atoms with Crippen molar-refractivity contribution in [3.8, 4) is 0 Å². The smallest absolute Gasteiger partial charge is 0.307 e. The third kappa shape index (κ3) is 6.40. The Morgan fingerprint density at radius 3 is 2.29 bits per heavy atom. The van der Waals surface area contributed by atoms with Gasteiger partial charge >= 0.3 is 5.97 Å². The van der Waals surface area contributed by atoms with E-state index in [2.05, 4.69) is 15.4 Å². The fraction of sp³-hybridized carbons (Fsp3) is 0.500. The number of carbonyl (C=O) groups excluding carboxylic acids is 3. The van der Waals surface area contributed by atoms with Gasteiger partial charge in [0.1, 0.15) is 6.04 Å². The maximum Gasteiger partial charge on any atom is 0.307 e. The maximum atomic E-state index is 12.7. The lowest BCUT2D eigenvalue weighted by atomic mass is 10.0. The molecule has 0 saturated carbocycles. The molecule has 1 aromatic carbocycles. The Hall–Kier alpha value is -2.37. The molecule has 24 heavy (non-hydrogen) atoms. The van der Waals surface area contributed by atoms with E-state index in [1.165, 1.54) is 7.11 Å². The summed E-state index contributed by atoms with van der Waals surface area (Å²) in [7, 11) is 1.32. The van der Waals surface area contributed by atoms with Crippen LogP contribution in [0.1, 0.15) is 51.1 Å². The van der Waals surface area contributed by atoms with Crippen molar-refractivity contribution in [2.24, 2.45) is 0 Å². The fourth-order valence-electron chi connectivity index (χ4n) is 2.35. The molecule has 0 bridgehead atoms. The predicted molar refractivity (Wildman–Crippen MR) is 91.1 cm³/mol. The van der Waals surface area contributed by atoms with Crippen LogP contribution in [-0.2, 0) is 19.1 Å². The molecule has 0 heterocycles. The minimum Gasteiger partial charge on any atom is -0.469 e. The lowest BCUT2D eigenvalue weighted by molar-refractivity contribution is -0.141. The monoisotopic (exact) mass is 334 g/mol. The zero-order valence-corrected chi connectivity index (χ0v) is 14.5. The van der Waals surface area contributed by atoms with Gasteiger partial charge in [-0.2, -0.15) is 0 Å². The van der Waals surface area contributed by atoms with Crippen LogP contribution in [0.15, 0.2) is 30.3 Å². The van der Waals surface area contributed by atoms with E-state index >= 15 is 0 Å². The largest absolute Gasteiger partial charge is 0.469 e. The van der Waals surface area contributed by atoms with E-state index in [1.54, 1.807) is 19.1 Å². The van der Waals surface area contributed by atoms with Crippen LogP contribution < -0.4 is 10.6 Å². The van der Waals surface area contributed by atoms with E-state index in [-0.39, 0.29) is 36.7 Å². The Morgan fingerprint density at radius 2 is 1.75 bits per heavy atom. The lowest BCUT2D eigenvalue weighted by Crippen LogP contribution is -2.45. The van der Waals surface area contributed by atoms with E-state index in [1.807, 2.05) is 25.1 Å². The van der Waals surface area contributed by atoms with Gasteiger partial charge in [-0.1, -0.05) is 50.6 Å². The second-order valence-corrected chi connectivity index (χ2v) is 5.54. The second kappa shape index (κ2) is 10.4. The standard InChI is InChI=1S/C18H26N2O4/c1-4-9-14(12-16(22)24-3)19-18(23)17(20-15(21)5-2)13-10-7-6-8-11-13/h6-8,10-11,14,17H,4-5,9,12H2,1-3H3,(H,19,23)(H,20,21)/t14-,17+/m0/s1. The molecule has 0 spiro atoms. The molecule has 2 atom stereocenters. The van der Waals surface area contributed by atoms with Crippen LogP contribution in [0.25, 0.3) is 0 Å². The minimum atomic E-state index is -0.782. The first-order valence-corrected chi connectivity index (χ1v) is 8.23. The van der Waals surface area contributed by atoms with Crippen molar-refractivity contribution in [1.82, 2.24) is 10.6 Å². The molecule has 0 radical (unpaired) electrons. The summed E-state index contributed by atoms with van der Waals surface area (Å²) in [4.78, 5) is 35.9. The predicted octanol–water partition coefficient (Wildman–Crippen LogP) is 2.10. The summed E-state index contributed by atoms with van der Waals surface area (Å²) in [5, 5.41) is 5.59. The van der Waals surface area contributed by atoms with Gasteiger partial charge < -0.3 is 15.4 Å². The van der Waals surface area contributed by atoms with Crippen LogP contribution in [0.2, 0.25) is 0 Å². The Balaban J connectivity index is 2.89. The normalized spacial score (nSPS) is 12.8. The van der Waals surface area contributed by atoms with Crippen molar-refractivity contribution >= 4 is 17.8 Å². The molecule has 0 unspecified atom stereocenters. The molecule has 0 fully saturated rings. The summed E-state index contributed by atoms with van der Waals surface area (Å²) in [5.41, 5.74) is 0.699. The number of benzene rings is 1. The van der Waals surface area contributed by atoms with Crippen LogP contribution in [0.3, 0.4) is 0 Å². The van der Waals surface area contributed by atoms with Crippen LogP contribution in [0.5, 0.6) is 0 Å². The van der Waals surface area contributed by atoms with E-state index in [4.69, 9.17) is 0 Å². The number of amides is 2. The second-order valence-electron chi connectivity index (χ2n) is 5.54. The molecule has 0 aliphatic rings. The van der Waals surface area contributed by atoms with Crippen molar-refractivity contribution in [2.45, 2.75) is 51.6 Å². The molecule has 0 aromatic heterocycles. The highest BCUT2D eigenvalue weighted by atomic mass is 16.5. The van der Waals surface area contributed by atoms with E-state index < -0.39 is 6.04 Å². The highest BCUT2D eigenvalue weighted by molar-refractivity contribution is 5.89. The number of ether oxygens (including phenoxy) is 1. The number of hydrogen-bond donors (Lipinski definition) is 2. The van der Waals surface area contributed by atoms with Gasteiger partial charge in [0.05, 0.1) is 13.5 Å². The molecule has 132 valence electrons. The van der Waals surface area contributed by atoms with Crippen LogP contribution in [0.4, 0.5) is 0 Å². The molecule has 0 aliphatic carbocycles. The Bertz CT molecular complexity index is 545. The van der Waals surface area contributed by atoms with Crippen LogP contribution >= 0.6 is 0 Å². The summed E-state index contributed by atoms with van der Waals surface area (Å²) < 4.78 is 4.68. The molecule has 0 aliphatic heterocycles. The lowest BCUT2D eigenvalue weighted by Gasteiger charge is -2.23. The first kappa shape index (κ1) is 19.7. The molecule has 0 saturated heterocycles. The number of rotatable bonds is 9. The molecule has 6 heteroatoms. The van der Waals surface area contributed by atoms with Crippen molar-refractivity contribution in [2.75, 3.05) is 7.11 Å². The van der Waals surface area contributed by atoms with E-state index in [9.17, 15) is 14.4 Å². The number of methoxy groups -OCH3 is 1. The van der Waals surface area contributed by atoms with Gasteiger partial charge in [0, 0.05) is 12.5 Å². The topological polar surface area (TPSA) is 84.5 Å². The average Bonchev–Trinajstić information content (AvgIpc) is 2.59. The van der Waals surface area contributed by atoms with Crippen LogP contribution in [-0.4, -0.2) is 30.9 Å². The minimum absolute atomic E-state index is 0.110. The molecule has 1 aromatic rings. The highest BCUT2D eigenvalue weighted by Gasteiger charge is 2.25. The molecular weight excluding hydrogens is 308 g/mol. The maximum absolute atomic E-state index is 12.7.